The van der Waals surface area contributed by atoms with E-state index in [9.17, 15) is 14.0 Å². The van der Waals surface area contributed by atoms with Crippen molar-refractivity contribution in [1.29, 1.82) is 0 Å². The minimum absolute atomic E-state index is 0.0145. The molecule has 1 saturated heterocycles. The van der Waals surface area contributed by atoms with Crippen LogP contribution in [0.5, 0.6) is 0 Å². The van der Waals surface area contributed by atoms with Crippen LogP contribution >= 0.6 is 11.6 Å². The number of carbonyl (C=O) groups excluding carboxylic acids is 1. The molecule has 1 aliphatic rings. The van der Waals surface area contributed by atoms with Gasteiger partial charge in [-0.3, -0.25) is 14.3 Å². The molecule has 0 aliphatic carbocycles. The van der Waals surface area contributed by atoms with E-state index in [2.05, 4.69) is 16.5 Å². The van der Waals surface area contributed by atoms with E-state index in [1.165, 1.54) is 21.6 Å². The van der Waals surface area contributed by atoms with Crippen molar-refractivity contribution in [3.63, 3.8) is 0 Å². The number of nitrogens with zero attached hydrogens (tertiary/aromatic N) is 5. The van der Waals surface area contributed by atoms with Crippen LogP contribution in [-0.2, 0) is 4.79 Å². The van der Waals surface area contributed by atoms with Crippen LogP contribution in [-0.4, -0.2) is 66.2 Å². The van der Waals surface area contributed by atoms with E-state index in [-0.39, 0.29) is 53.0 Å². The number of hydrogen-bond donors (Lipinski definition) is 0. The predicted molar refractivity (Wildman–Crippen MR) is 191 cm³/mol. The second-order valence-corrected chi connectivity index (χ2v) is 13.3. The smallest absolute Gasteiger partial charge is 0.347 e. The van der Waals surface area contributed by atoms with E-state index < -0.39 is 23.2 Å². The molecule has 244 valence electrons. The average molecular weight is 666 g/mol. The summed E-state index contributed by atoms with van der Waals surface area (Å²) in [7, 11) is 11.6. The Morgan fingerprint density at radius 1 is 1.08 bits per heavy atom. The summed E-state index contributed by atoms with van der Waals surface area (Å²) in [6.45, 7) is 15.3. The molecule has 0 spiro atoms. The van der Waals surface area contributed by atoms with Crippen molar-refractivity contribution >= 4 is 56.0 Å². The van der Waals surface area contributed by atoms with Gasteiger partial charge in [0.1, 0.15) is 11.6 Å². The predicted octanol–water partition coefficient (Wildman–Crippen LogP) is 7.03. The molecule has 2 atom stereocenters. The number of anilines is 1. The SMILES string of the molecule is [B]C([B])=Cc1cccc(F)c1-c1cc2c(cc1Cl)c(N1[C@@H](C)CN(C(=O)C(=C)F)C[C@@H]1C)nc(=O)n2-c1c(C(C)C)ccnc1C(C)C. The van der Waals surface area contributed by atoms with Crippen LogP contribution in [0.4, 0.5) is 14.6 Å². The highest BCUT2D eigenvalue weighted by Crippen LogP contribution is 2.41. The molecule has 0 N–H and O–H groups in total. The van der Waals surface area contributed by atoms with E-state index in [1.807, 2.05) is 52.5 Å². The highest BCUT2D eigenvalue weighted by atomic mass is 35.5. The lowest BCUT2D eigenvalue weighted by molar-refractivity contribution is -0.129. The molecule has 1 aliphatic heterocycles. The molecule has 0 unspecified atom stereocenters. The lowest BCUT2D eigenvalue weighted by Gasteiger charge is -2.45. The molecule has 2 aromatic carbocycles. The van der Waals surface area contributed by atoms with Gasteiger partial charge < -0.3 is 9.80 Å². The Kier molecular flexibility index (Phi) is 10.0. The Morgan fingerprint density at radius 2 is 1.75 bits per heavy atom. The second kappa shape index (κ2) is 13.7. The first-order valence-electron chi connectivity index (χ1n) is 15.8. The fraction of sp³-hybridized carbons (Fsp3) is 0.333. The van der Waals surface area contributed by atoms with Crippen molar-refractivity contribution in [3.05, 3.63) is 98.5 Å². The van der Waals surface area contributed by atoms with Crippen LogP contribution in [0, 0.1) is 5.82 Å². The molecule has 5 rings (SSSR count). The van der Waals surface area contributed by atoms with Gasteiger partial charge in [0, 0.05) is 52.9 Å². The van der Waals surface area contributed by atoms with Gasteiger partial charge in [-0.2, -0.15) is 10.4 Å². The molecule has 1 amide bonds. The molecular formula is C36H36B2ClF2N5O2. The summed E-state index contributed by atoms with van der Waals surface area (Å²) in [5, 5.41) is 0.711. The summed E-state index contributed by atoms with van der Waals surface area (Å²) in [6.07, 6.45) is 3.19. The average Bonchev–Trinajstić information content (AvgIpc) is 3.00. The van der Waals surface area contributed by atoms with Gasteiger partial charge >= 0.3 is 5.69 Å². The van der Waals surface area contributed by atoms with Crippen molar-refractivity contribution in [2.24, 2.45) is 0 Å². The number of rotatable bonds is 7. The zero-order valence-corrected chi connectivity index (χ0v) is 28.6. The summed E-state index contributed by atoms with van der Waals surface area (Å²) in [5.74, 6) is -2.07. The summed E-state index contributed by atoms with van der Waals surface area (Å²) in [6, 6.07) is 9.06. The van der Waals surface area contributed by atoms with Crippen molar-refractivity contribution < 1.29 is 13.6 Å². The number of aromatic nitrogens is 3. The molecule has 0 saturated carbocycles. The first kappa shape index (κ1) is 35.1. The van der Waals surface area contributed by atoms with Gasteiger partial charge in [-0.1, -0.05) is 64.1 Å². The highest BCUT2D eigenvalue weighted by Gasteiger charge is 2.35. The molecule has 2 aromatic heterocycles. The minimum atomic E-state index is -1.04. The fourth-order valence-corrected chi connectivity index (χ4v) is 6.91. The van der Waals surface area contributed by atoms with E-state index in [1.54, 1.807) is 30.5 Å². The largest absolute Gasteiger partial charge is 0.354 e. The Balaban J connectivity index is 1.89. The Labute approximate surface area is 287 Å². The van der Waals surface area contributed by atoms with Gasteiger partial charge in [0.2, 0.25) is 0 Å². The number of piperazine rings is 1. The topological polar surface area (TPSA) is 71.3 Å². The summed E-state index contributed by atoms with van der Waals surface area (Å²) < 4.78 is 31.1. The maximum atomic E-state index is 15.7. The van der Waals surface area contributed by atoms with Crippen LogP contribution in [0.2, 0.25) is 5.02 Å². The quantitative estimate of drug-likeness (QED) is 0.157. The maximum Gasteiger partial charge on any atom is 0.354 e. The molecular weight excluding hydrogens is 630 g/mol. The van der Waals surface area contributed by atoms with Gasteiger partial charge in [-0.15, -0.1) is 0 Å². The van der Waals surface area contributed by atoms with Crippen LogP contribution in [0.3, 0.4) is 0 Å². The van der Waals surface area contributed by atoms with Gasteiger partial charge in [0.25, 0.3) is 5.91 Å². The van der Waals surface area contributed by atoms with Gasteiger partial charge in [0.15, 0.2) is 5.83 Å². The second-order valence-electron chi connectivity index (χ2n) is 12.9. The molecule has 1 fully saturated rings. The van der Waals surface area contributed by atoms with Gasteiger partial charge in [-0.25, -0.2) is 13.6 Å². The number of hydrogen-bond acceptors (Lipinski definition) is 5. The third-order valence-corrected chi connectivity index (χ3v) is 8.97. The summed E-state index contributed by atoms with van der Waals surface area (Å²) in [5.41, 5.74) is 2.92. The summed E-state index contributed by atoms with van der Waals surface area (Å²) >= 11 is 7.00. The van der Waals surface area contributed by atoms with E-state index in [0.29, 0.717) is 39.2 Å². The monoisotopic (exact) mass is 665 g/mol. The van der Waals surface area contributed by atoms with Crippen molar-refractivity contribution in [1.82, 2.24) is 19.4 Å². The number of pyridine rings is 1. The third-order valence-electron chi connectivity index (χ3n) is 8.66. The molecule has 3 heterocycles. The van der Waals surface area contributed by atoms with Gasteiger partial charge in [0.05, 0.1) is 32.6 Å². The highest BCUT2D eigenvalue weighted by molar-refractivity contribution is 6.50. The molecule has 0 bridgehead atoms. The number of fused-ring (bicyclic) bond motifs is 1. The Bertz CT molecular complexity index is 1990. The van der Waals surface area contributed by atoms with Crippen LogP contribution in [0.1, 0.15) is 70.2 Å². The van der Waals surface area contributed by atoms with E-state index in [4.69, 9.17) is 27.3 Å². The number of carbonyl (C=O) groups is 1. The van der Waals surface area contributed by atoms with Crippen LogP contribution in [0.25, 0.3) is 33.8 Å². The van der Waals surface area contributed by atoms with Crippen molar-refractivity contribution in [3.8, 4) is 16.8 Å². The Morgan fingerprint density at radius 3 is 2.33 bits per heavy atom. The third kappa shape index (κ3) is 6.44. The first-order chi connectivity index (χ1) is 22.6. The molecule has 7 nitrogen and oxygen atoms in total. The number of amides is 1. The lowest BCUT2D eigenvalue weighted by Crippen LogP contribution is -2.59. The molecule has 4 radical (unpaired) electrons. The normalized spacial score (nSPS) is 16.6. The zero-order chi connectivity index (χ0) is 35.2. The molecule has 4 aromatic rings. The molecule has 48 heavy (non-hydrogen) atoms. The fourth-order valence-electron chi connectivity index (χ4n) is 6.65. The van der Waals surface area contributed by atoms with Crippen molar-refractivity contribution in [2.45, 2.75) is 65.5 Å². The standard InChI is InChI=1S/C36H36B2ClF2N5O2/c1-18(2)24-11-12-42-32(19(3)4)33(24)46-29-15-25(31-23(13-30(37)38)9-8-10-28(31)41)27(39)14-26(29)34(43-36(46)48)45-20(5)16-44(17-21(45)6)35(47)22(7)40/h8-15,18-21H,7,16-17H2,1-6H3/t20-,21-/m0/s1. The minimum Gasteiger partial charge on any atom is -0.347 e. The van der Waals surface area contributed by atoms with Crippen LogP contribution < -0.4 is 10.6 Å². The number of halogens is 3. The van der Waals surface area contributed by atoms with E-state index in [0.717, 1.165) is 5.56 Å². The lowest BCUT2D eigenvalue weighted by atomic mass is 9.77. The van der Waals surface area contributed by atoms with Gasteiger partial charge in [-0.05, 0) is 61.1 Å². The molecule has 12 heteroatoms. The summed E-state index contributed by atoms with van der Waals surface area (Å²) in [4.78, 5) is 39.6. The zero-order valence-electron chi connectivity index (χ0n) is 27.9. The number of benzene rings is 2. The maximum absolute atomic E-state index is 15.7. The first-order valence-corrected chi connectivity index (χ1v) is 16.2. The van der Waals surface area contributed by atoms with Crippen molar-refractivity contribution in [2.75, 3.05) is 18.0 Å². The Hall–Kier alpha value is -4.24. The van der Waals surface area contributed by atoms with E-state index >= 15 is 4.39 Å². The van der Waals surface area contributed by atoms with Crippen LogP contribution in [0.15, 0.2) is 65.2 Å².